The average Bonchev–Trinajstić information content (AvgIpc) is 3.83. The second-order valence-corrected chi connectivity index (χ2v) is 22.6. The van der Waals surface area contributed by atoms with E-state index in [-0.39, 0.29) is 6.71 Å². The van der Waals surface area contributed by atoms with E-state index in [9.17, 15) is 0 Å². The number of fused-ring (bicyclic) bond motifs is 7. The highest BCUT2D eigenvalue weighted by molar-refractivity contribution is 7.20. The van der Waals surface area contributed by atoms with Crippen molar-refractivity contribution in [2.45, 2.75) is 0 Å². The van der Waals surface area contributed by atoms with Crippen molar-refractivity contribution < 1.29 is 4.42 Å². The van der Waals surface area contributed by atoms with E-state index in [4.69, 9.17) is 4.42 Å². The monoisotopic (exact) mass is 935 g/mol. The molecule has 338 valence electrons. The Balaban J connectivity index is 1.09. The first-order chi connectivity index (χ1) is 35.7. The Labute approximate surface area is 421 Å². The van der Waals surface area contributed by atoms with E-state index in [1.807, 2.05) is 6.07 Å². The number of rotatable bonds is 9. The fraction of sp³-hybridized carbons (Fsp3) is 0. The summed E-state index contributed by atoms with van der Waals surface area (Å²) in [5, 5.41) is 7.50. The van der Waals surface area contributed by atoms with Gasteiger partial charge in [0, 0.05) is 62.0 Å². The van der Waals surface area contributed by atoms with Crippen LogP contribution in [0.25, 0.3) is 21.9 Å². The number of para-hydroxylation sites is 5. The van der Waals surface area contributed by atoms with Crippen molar-refractivity contribution in [3.05, 3.63) is 279 Å². The zero-order chi connectivity index (χ0) is 47.6. The summed E-state index contributed by atoms with van der Waals surface area (Å²) in [5.74, 6) is 0. The minimum Gasteiger partial charge on any atom is -0.456 e. The van der Waals surface area contributed by atoms with Gasteiger partial charge in [0.2, 0.25) is 0 Å². The number of benzene rings is 11. The molecule has 3 heterocycles. The third-order valence-corrected chi connectivity index (χ3v) is 19.7. The lowest BCUT2D eigenvalue weighted by atomic mass is 9.33. The molecule has 11 aromatic carbocycles. The molecule has 0 spiro atoms. The van der Waals surface area contributed by atoms with Crippen molar-refractivity contribution >= 4 is 125 Å². The van der Waals surface area contributed by atoms with Crippen molar-refractivity contribution in [2.75, 3.05) is 14.7 Å². The van der Waals surface area contributed by atoms with Crippen LogP contribution < -0.4 is 51.8 Å². The first-order valence-corrected chi connectivity index (χ1v) is 26.8. The molecule has 0 fully saturated rings. The molecule has 0 amide bonds. The van der Waals surface area contributed by atoms with Crippen LogP contribution in [0, 0.1) is 0 Å². The molecule has 2 aliphatic rings. The van der Waals surface area contributed by atoms with E-state index in [2.05, 4.69) is 288 Å². The van der Waals surface area contributed by atoms with E-state index < -0.39 is 8.07 Å². The van der Waals surface area contributed by atoms with Gasteiger partial charge in [0.1, 0.15) is 11.2 Å². The predicted molar refractivity (Wildman–Crippen MR) is 306 cm³/mol. The summed E-state index contributed by atoms with van der Waals surface area (Å²) in [6.07, 6.45) is 0. The van der Waals surface area contributed by atoms with Crippen molar-refractivity contribution in [2.24, 2.45) is 0 Å². The summed E-state index contributed by atoms with van der Waals surface area (Å²) < 4.78 is 6.37. The van der Waals surface area contributed by atoms with Gasteiger partial charge in [0.25, 0.3) is 6.71 Å². The quantitative estimate of drug-likeness (QED) is 0.106. The van der Waals surface area contributed by atoms with Crippen LogP contribution in [0.5, 0.6) is 0 Å². The van der Waals surface area contributed by atoms with Crippen LogP contribution in [-0.2, 0) is 0 Å². The lowest BCUT2D eigenvalue weighted by Gasteiger charge is -2.46. The third-order valence-electron chi connectivity index (χ3n) is 14.9. The van der Waals surface area contributed by atoms with Gasteiger partial charge in [-0.25, -0.2) is 0 Å². The normalized spacial score (nSPS) is 12.6. The van der Waals surface area contributed by atoms with Crippen LogP contribution in [0.1, 0.15) is 0 Å². The number of anilines is 9. The second-order valence-electron chi connectivity index (χ2n) is 18.8. The van der Waals surface area contributed by atoms with Crippen LogP contribution >= 0.6 is 0 Å². The largest absolute Gasteiger partial charge is 0.456 e. The number of hydrogen-bond donors (Lipinski definition) is 0. The third kappa shape index (κ3) is 6.53. The van der Waals surface area contributed by atoms with Gasteiger partial charge in [-0.2, -0.15) is 0 Å². The highest BCUT2D eigenvalue weighted by Gasteiger charge is 2.47. The van der Waals surface area contributed by atoms with Crippen molar-refractivity contribution in [3.8, 4) is 0 Å². The molecule has 0 bridgehead atoms. The fourth-order valence-corrected chi connectivity index (χ4v) is 16.7. The Bertz CT molecular complexity index is 3850. The Morgan fingerprint density at radius 3 is 1.39 bits per heavy atom. The van der Waals surface area contributed by atoms with Gasteiger partial charge in [-0.15, -0.1) is 0 Å². The molecule has 0 radical (unpaired) electrons. The second kappa shape index (κ2) is 17.1. The fourth-order valence-electron chi connectivity index (χ4n) is 11.9. The summed E-state index contributed by atoms with van der Waals surface area (Å²) >= 11 is 0. The van der Waals surface area contributed by atoms with Gasteiger partial charge in [0.05, 0.1) is 0 Å². The molecule has 12 aromatic rings. The number of nitrogens with zero attached hydrogens (tertiary/aromatic N) is 3. The molecule has 72 heavy (non-hydrogen) atoms. The molecule has 0 saturated carbocycles. The van der Waals surface area contributed by atoms with Crippen LogP contribution in [0.15, 0.2) is 283 Å². The molecule has 0 unspecified atom stereocenters. The van der Waals surface area contributed by atoms with E-state index in [0.717, 1.165) is 56.1 Å². The average molecular weight is 936 g/mol. The highest BCUT2D eigenvalue weighted by Crippen LogP contribution is 2.46. The number of hydrogen-bond acceptors (Lipinski definition) is 4. The summed E-state index contributed by atoms with van der Waals surface area (Å²) in [7, 11) is -3.07. The Hall–Kier alpha value is -9.10. The molecule has 0 atom stereocenters. The van der Waals surface area contributed by atoms with Crippen molar-refractivity contribution in [1.82, 2.24) is 0 Å². The lowest BCUT2D eigenvalue weighted by Crippen LogP contribution is -2.75. The molecule has 2 aliphatic heterocycles. The van der Waals surface area contributed by atoms with E-state index in [1.165, 1.54) is 54.2 Å². The molecule has 14 rings (SSSR count). The maximum Gasteiger partial charge on any atom is 0.252 e. The van der Waals surface area contributed by atoms with Crippen LogP contribution in [0.2, 0.25) is 0 Å². The summed E-state index contributed by atoms with van der Waals surface area (Å²) in [6, 6.07) is 103. The van der Waals surface area contributed by atoms with Gasteiger partial charge >= 0.3 is 0 Å². The zero-order valence-electron chi connectivity index (χ0n) is 39.4. The first kappa shape index (κ1) is 41.8. The molecule has 4 nitrogen and oxygen atoms in total. The van der Waals surface area contributed by atoms with Gasteiger partial charge in [-0.1, -0.05) is 188 Å². The van der Waals surface area contributed by atoms with Gasteiger partial charge in [-0.05, 0) is 128 Å². The van der Waals surface area contributed by atoms with Gasteiger partial charge in [0.15, 0.2) is 8.07 Å². The smallest absolute Gasteiger partial charge is 0.252 e. The molecule has 0 N–H and O–H groups in total. The van der Waals surface area contributed by atoms with E-state index in [1.54, 1.807) is 0 Å². The van der Waals surface area contributed by atoms with Crippen LogP contribution in [0.3, 0.4) is 0 Å². The Morgan fingerprint density at radius 1 is 0.319 bits per heavy atom. The minimum atomic E-state index is -3.07. The van der Waals surface area contributed by atoms with E-state index >= 15 is 0 Å². The molecular weight excluding hydrogens is 890 g/mol. The van der Waals surface area contributed by atoms with Crippen molar-refractivity contribution in [3.63, 3.8) is 0 Å². The topological polar surface area (TPSA) is 22.9 Å². The standard InChI is InChI=1S/C66H46BN3OSi/c1-7-23-47(24-8-1)68(50-40-42-65-57(43-50)56-35-19-22-38-64(56)71-65)51-39-41-59-61(44-51)70(49-27-11-3-12-28-49)63-46-55(45-62-66(63)67(59)58-36-20-21-37-60(58)69(62)48-25-9-2-10-26-48)72(52-29-13-4-14-30-52,53-31-15-5-16-32-53)54-33-17-6-18-34-54/h1-46H. The SMILES string of the molecule is c1ccc(N(c2ccc3c(c2)N(c2ccccc2)c2cc([Si](c4ccccc4)(c4ccccc4)c4ccccc4)cc4c2B3c2ccccc2N4c2ccccc2)c2ccc3oc4ccccc4c3c2)cc1. The Morgan fingerprint density at radius 2 is 0.778 bits per heavy atom. The first-order valence-electron chi connectivity index (χ1n) is 24.8. The molecule has 0 saturated heterocycles. The minimum absolute atomic E-state index is 0.0655. The summed E-state index contributed by atoms with van der Waals surface area (Å²) in [4.78, 5) is 7.49. The van der Waals surface area contributed by atoms with Crippen LogP contribution in [-0.4, -0.2) is 14.8 Å². The summed E-state index contributed by atoms with van der Waals surface area (Å²) in [6.45, 7) is -0.0655. The van der Waals surface area contributed by atoms with Gasteiger partial charge in [-0.3, -0.25) is 0 Å². The van der Waals surface area contributed by atoms with E-state index in [0.29, 0.717) is 0 Å². The Kier molecular flexibility index (Phi) is 9.93. The number of furan rings is 1. The molecule has 0 aliphatic carbocycles. The zero-order valence-corrected chi connectivity index (χ0v) is 40.4. The van der Waals surface area contributed by atoms with Crippen LogP contribution in [0.4, 0.5) is 51.2 Å². The molecule has 1 aromatic heterocycles. The van der Waals surface area contributed by atoms with Crippen molar-refractivity contribution in [1.29, 1.82) is 0 Å². The molecular formula is C66H46BN3OSi. The molecule has 6 heteroatoms. The predicted octanol–water partition coefficient (Wildman–Crippen LogP) is 12.5. The maximum absolute atomic E-state index is 6.37. The maximum atomic E-state index is 6.37. The summed E-state index contributed by atoms with van der Waals surface area (Å²) in [5.41, 5.74) is 15.7. The lowest BCUT2D eigenvalue weighted by molar-refractivity contribution is 0.669. The highest BCUT2D eigenvalue weighted by atomic mass is 28.3. The van der Waals surface area contributed by atoms with Gasteiger partial charge < -0.3 is 19.1 Å².